The van der Waals surface area contributed by atoms with E-state index in [0.29, 0.717) is 26.3 Å². The smallest absolute Gasteiger partial charge is 0.227 e. The molecule has 0 saturated carbocycles. The van der Waals surface area contributed by atoms with Gasteiger partial charge >= 0.3 is 0 Å². The molecule has 8 nitrogen and oxygen atoms in total. The number of carbonyl (C=O) groups is 1. The first kappa shape index (κ1) is 17.0. The Morgan fingerprint density at radius 2 is 2.23 bits per heavy atom. The molecule has 0 radical (unpaired) electrons. The quantitative estimate of drug-likeness (QED) is 0.828. The fraction of sp³-hybridized carbons (Fsp3) is 0.500. The van der Waals surface area contributed by atoms with Crippen molar-refractivity contribution in [2.45, 2.75) is 19.1 Å². The maximum atomic E-state index is 12.2. The summed E-state index contributed by atoms with van der Waals surface area (Å²) in [5.41, 5.74) is 2.25. The van der Waals surface area contributed by atoms with E-state index in [9.17, 15) is 4.79 Å². The van der Waals surface area contributed by atoms with Crippen LogP contribution in [0, 0.1) is 5.92 Å². The molecule has 1 aromatic heterocycles. The van der Waals surface area contributed by atoms with Crippen LogP contribution in [0.2, 0.25) is 0 Å². The third-order valence-electron chi connectivity index (χ3n) is 4.86. The van der Waals surface area contributed by atoms with Crippen molar-refractivity contribution in [3.8, 4) is 5.75 Å². The zero-order chi connectivity index (χ0) is 17.9. The van der Waals surface area contributed by atoms with Gasteiger partial charge in [-0.1, -0.05) is 6.07 Å². The molecule has 0 spiro atoms. The Hall–Kier alpha value is -2.45. The summed E-state index contributed by atoms with van der Waals surface area (Å²) in [5.74, 6) is 0.842. The molecule has 2 saturated heterocycles. The Kier molecular flexibility index (Phi) is 4.85. The van der Waals surface area contributed by atoms with Crippen molar-refractivity contribution in [2.75, 3.05) is 33.4 Å². The predicted octanol–water partition coefficient (Wildman–Crippen LogP) is 0.282. The second-order valence-corrected chi connectivity index (χ2v) is 6.87. The van der Waals surface area contributed by atoms with Crippen LogP contribution >= 0.6 is 0 Å². The minimum atomic E-state index is -0.102. The van der Waals surface area contributed by atoms with Crippen LogP contribution in [0.1, 0.15) is 11.1 Å². The number of rotatable bonds is 5. The molecular weight excluding hydrogens is 334 g/mol. The van der Waals surface area contributed by atoms with Gasteiger partial charge in [0.05, 0.1) is 38.8 Å². The maximum absolute atomic E-state index is 12.2. The van der Waals surface area contributed by atoms with Crippen LogP contribution in [0.5, 0.6) is 5.75 Å². The fourth-order valence-electron chi connectivity index (χ4n) is 3.65. The molecule has 1 N–H and O–H groups in total. The SMILES string of the molecule is COc1ccc(CN2C[C@H]3COC[C@@H](C2)C(=O)N3)cc1Cn1cncn1. The Labute approximate surface area is 152 Å². The summed E-state index contributed by atoms with van der Waals surface area (Å²) >= 11 is 0. The number of hydrogen-bond donors (Lipinski definition) is 1. The number of fused-ring (bicyclic) bond motifs is 3. The summed E-state index contributed by atoms with van der Waals surface area (Å²) < 4.78 is 12.9. The molecule has 2 aromatic rings. The van der Waals surface area contributed by atoms with Crippen molar-refractivity contribution < 1.29 is 14.3 Å². The number of carbonyl (C=O) groups excluding carboxylic acids is 1. The van der Waals surface area contributed by atoms with E-state index in [1.54, 1.807) is 18.1 Å². The average molecular weight is 357 g/mol. The Morgan fingerprint density at radius 1 is 1.31 bits per heavy atom. The molecule has 2 aliphatic rings. The van der Waals surface area contributed by atoms with Crippen LogP contribution < -0.4 is 10.1 Å². The molecular formula is C18H23N5O3. The van der Waals surface area contributed by atoms with Crippen LogP contribution in [0.4, 0.5) is 0 Å². The minimum Gasteiger partial charge on any atom is -0.496 e. The zero-order valence-electron chi connectivity index (χ0n) is 14.8. The number of aromatic nitrogens is 3. The van der Waals surface area contributed by atoms with Gasteiger partial charge < -0.3 is 14.8 Å². The van der Waals surface area contributed by atoms with E-state index < -0.39 is 0 Å². The first-order valence-corrected chi connectivity index (χ1v) is 8.80. The molecule has 8 heteroatoms. The van der Waals surface area contributed by atoms with Gasteiger partial charge in [-0.25, -0.2) is 9.67 Å². The van der Waals surface area contributed by atoms with Gasteiger partial charge in [0.2, 0.25) is 5.91 Å². The lowest BCUT2D eigenvalue weighted by Gasteiger charge is -2.27. The van der Waals surface area contributed by atoms with Gasteiger partial charge in [-0.3, -0.25) is 9.69 Å². The average Bonchev–Trinajstić information content (AvgIpc) is 3.00. The van der Waals surface area contributed by atoms with E-state index in [-0.39, 0.29) is 17.9 Å². The lowest BCUT2D eigenvalue weighted by atomic mass is 10.1. The molecule has 0 unspecified atom stereocenters. The van der Waals surface area contributed by atoms with Crippen LogP contribution in [0.3, 0.4) is 0 Å². The van der Waals surface area contributed by atoms with Crippen molar-refractivity contribution in [2.24, 2.45) is 5.92 Å². The largest absolute Gasteiger partial charge is 0.496 e. The molecule has 2 atom stereocenters. The second-order valence-electron chi connectivity index (χ2n) is 6.87. The van der Waals surface area contributed by atoms with Crippen molar-refractivity contribution in [1.82, 2.24) is 25.0 Å². The third kappa shape index (κ3) is 3.71. The van der Waals surface area contributed by atoms with Gasteiger partial charge in [0.1, 0.15) is 18.4 Å². The van der Waals surface area contributed by atoms with Crippen LogP contribution in [0.25, 0.3) is 0 Å². The summed E-state index contributed by atoms with van der Waals surface area (Å²) in [5, 5.41) is 7.24. The van der Waals surface area contributed by atoms with E-state index in [0.717, 1.165) is 24.4 Å². The zero-order valence-corrected chi connectivity index (χ0v) is 14.8. The molecule has 26 heavy (non-hydrogen) atoms. The van der Waals surface area contributed by atoms with Crippen molar-refractivity contribution in [3.05, 3.63) is 42.0 Å². The summed E-state index contributed by atoms with van der Waals surface area (Å²) in [4.78, 5) is 18.5. The molecule has 0 aliphatic carbocycles. The van der Waals surface area contributed by atoms with Crippen molar-refractivity contribution >= 4 is 5.91 Å². The molecule has 3 heterocycles. The standard InChI is InChI=1S/C18H23N5O3/c1-25-17-3-2-13(4-14(17)7-23-12-19-11-20-23)5-22-6-15-9-26-10-16(8-22)21-18(15)24/h2-4,11-12,15-16H,5-10H2,1H3,(H,21,24)/t15-,16+/m1/s1. The summed E-state index contributed by atoms with van der Waals surface area (Å²) in [6.07, 6.45) is 3.22. The lowest BCUT2D eigenvalue weighted by Crippen LogP contribution is -2.41. The van der Waals surface area contributed by atoms with E-state index in [1.165, 1.54) is 11.9 Å². The highest BCUT2D eigenvalue weighted by Gasteiger charge is 2.33. The van der Waals surface area contributed by atoms with E-state index in [1.807, 2.05) is 6.07 Å². The Balaban J connectivity index is 1.51. The monoisotopic (exact) mass is 357 g/mol. The van der Waals surface area contributed by atoms with E-state index in [4.69, 9.17) is 9.47 Å². The molecule has 2 fully saturated rings. The van der Waals surface area contributed by atoms with Crippen LogP contribution in [-0.4, -0.2) is 65.0 Å². The molecule has 138 valence electrons. The molecule has 4 rings (SSSR count). The number of benzene rings is 1. The number of methoxy groups -OCH3 is 1. The van der Waals surface area contributed by atoms with Gasteiger partial charge in [-0.15, -0.1) is 0 Å². The highest BCUT2D eigenvalue weighted by molar-refractivity contribution is 5.79. The fourth-order valence-corrected chi connectivity index (χ4v) is 3.65. The predicted molar refractivity (Wildman–Crippen MR) is 93.6 cm³/mol. The van der Waals surface area contributed by atoms with Crippen LogP contribution in [-0.2, 0) is 22.6 Å². The summed E-state index contributed by atoms with van der Waals surface area (Å²) in [6.45, 7) is 3.99. The number of hydrogen-bond acceptors (Lipinski definition) is 6. The Bertz CT molecular complexity index is 764. The highest BCUT2D eigenvalue weighted by Crippen LogP contribution is 2.23. The first-order valence-electron chi connectivity index (χ1n) is 8.80. The maximum Gasteiger partial charge on any atom is 0.227 e. The molecule has 2 aliphatic heterocycles. The van der Waals surface area contributed by atoms with Gasteiger partial charge in [0.25, 0.3) is 0 Å². The normalized spacial score (nSPS) is 23.3. The molecule has 1 amide bonds. The van der Waals surface area contributed by atoms with Gasteiger partial charge in [-0.05, 0) is 17.7 Å². The van der Waals surface area contributed by atoms with Crippen molar-refractivity contribution in [1.29, 1.82) is 0 Å². The highest BCUT2D eigenvalue weighted by atomic mass is 16.5. The summed E-state index contributed by atoms with van der Waals surface area (Å²) in [7, 11) is 1.67. The lowest BCUT2D eigenvalue weighted by molar-refractivity contribution is -0.125. The summed E-state index contributed by atoms with van der Waals surface area (Å²) in [6, 6.07) is 6.28. The Morgan fingerprint density at radius 3 is 3.04 bits per heavy atom. The van der Waals surface area contributed by atoms with E-state index >= 15 is 0 Å². The van der Waals surface area contributed by atoms with Crippen LogP contribution in [0.15, 0.2) is 30.9 Å². The number of ether oxygens (including phenoxy) is 2. The number of amides is 1. The number of nitrogens with zero attached hydrogens (tertiary/aromatic N) is 4. The second kappa shape index (κ2) is 7.43. The molecule has 1 aromatic carbocycles. The topological polar surface area (TPSA) is 81.5 Å². The number of nitrogens with one attached hydrogen (secondary N) is 1. The van der Waals surface area contributed by atoms with Gasteiger partial charge in [0, 0.05) is 25.2 Å². The van der Waals surface area contributed by atoms with Crippen molar-refractivity contribution in [3.63, 3.8) is 0 Å². The molecule has 2 bridgehead atoms. The minimum absolute atomic E-state index is 0.0582. The first-order chi connectivity index (χ1) is 12.7. The van der Waals surface area contributed by atoms with Gasteiger partial charge in [0.15, 0.2) is 0 Å². The van der Waals surface area contributed by atoms with Gasteiger partial charge in [-0.2, -0.15) is 5.10 Å². The third-order valence-corrected chi connectivity index (χ3v) is 4.86. The van der Waals surface area contributed by atoms with E-state index in [2.05, 4.69) is 32.4 Å².